The molecule has 5 fully saturated rings. The van der Waals surface area contributed by atoms with Crippen molar-refractivity contribution in [3.8, 4) is 11.5 Å². The first-order valence-electron chi connectivity index (χ1n) is 28.6. The molecule has 92 heavy (non-hydrogen) atoms. The van der Waals surface area contributed by atoms with Crippen molar-refractivity contribution in [1.82, 2.24) is 0 Å². The highest BCUT2D eigenvalue weighted by Crippen LogP contribution is 2.43. The average Bonchev–Trinajstić information content (AvgIpc) is 1.38. The van der Waals surface area contributed by atoms with E-state index in [1.54, 1.807) is 6.07 Å². The van der Waals surface area contributed by atoms with Crippen LogP contribution >= 0.6 is 0 Å². The van der Waals surface area contributed by atoms with Gasteiger partial charge in [0.1, 0.15) is 135 Å². The summed E-state index contributed by atoms with van der Waals surface area (Å²) in [5, 5.41) is 153. The number of carbonyl (C=O) groups excluding carboxylic acids is 5. The minimum absolute atomic E-state index is 0.113. The van der Waals surface area contributed by atoms with Crippen molar-refractivity contribution < 1.29 is 162 Å². The van der Waals surface area contributed by atoms with Crippen LogP contribution in [0.1, 0.15) is 35.3 Å². The van der Waals surface area contributed by atoms with E-state index in [9.17, 15) is 95.5 Å². The van der Waals surface area contributed by atoms with E-state index < -0.39 is 216 Å². The molecule has 33 nitrogen and oxygen atoms in total. The molecule has 0 spiro atoms. The molecule has 5 heterocycles. The number of ether oxygens (including phenoxy) is 14. The summed E-state index contributed by atoms with van der Waals surface area (Å²) in [5.74, 6) is -8.95. The molecule has 3 aromatic rings. The Labute approximate surface area is 522 Å². The molecule has 0 saturated carbocycles. The monoisotopic (exact) mass is 1310 g/mol. The lowest BCUT2D eigenvalue weighted by atomic mass is 9.95. The van der Waals surface area contributed by atoms with Crippen LogP contribution in [0.4, 0.5) is 0 Å². The Morgan fingerprint density at radius 1 is 0.457 bits per heavy atom. The first kappa shape index (κ1) is 71.1. The van der Waals surface area contributed by atoms with Gasteiger partial charge in [-0.1, -0.05) is 42.5 Å². The van der Waals surface area contributed by atoms with Crippen molar-refractivity contribution >= 4 is 42.0 Å². The van der Waals surface area contributed by atoms with Crippen LogP contribution in [0.25, 0.3) is 12.2 Å². The Bertz CT molecular complexity index is 2970. The van der Waals surface area contributed by atoms with Crippen LogP contribution < -0.4 is 0 Å². The summed E-state index contributed by atoms with van der Waals surface area (Å²) in [6.07, 6.45) is -45.5. The van der Waals surface area contributed by atoms with Gasteiger partial charge in [0.2, 0.25) is 5.79 Å². The number of hydrogen-bond donors (Lipinski definition) is 14. The van der Waals surface area contributed by atoms with E-state index in [1.165, 1.54) is 84.9 Å². The van der Waals surface area contributed by atoms with Crippen LogP contribution in [0, 0.1) is 0 Å². The number of aliphatic hydroxyl groups excluding tert-OH is 12. The Balaban J connectivity index is 1.30. The van der Waals surface area contributed by atoms with E-state index >= 15 is 0 Å². The fourth-order valence-corrected chi connectivity index (χ4v) is 10.3. The number of carbonyl (C=O) groups is 5. The maximum atomic E-state index is 14.3. The van der Waals surface area contributed by atoms with Gasteiger partial charge in [-0.15, -0.1) is 0 Å². The van der Waals surface area contributed by atoms with Gasteiger partial charge in [0, 0.05) is 26.0 Å². The van der Waals surface area contributed by atoms with E-state index in [-0.39, 0.29) is 17.1 Å². The third kappa shape index (κ3) is 17.1. The highest BCUT2D eigenvalue weighted by Gasteiger charge is 2.64. The molecule has 0 unspecified atom stereocenters. The smallest absolute Gasteiger partial charge is 0.338 e. The normalized spacial score (nSPS) is 36.5. The second kappa shape index (κ2) is 31.9. The third-order valence-corrected chi connectivity index (χ3v) is 15.2. The molecule has 0 amide bonds. The SMILES string of the molecule is CC(=O)OC[C@H]1O[C@@H](O[C@@H]2[C@@H](O[C@@H]3O[C@H](CO)[C@@H](O)[C@H](O)[C@H]3O)[C@@H](O[C@]3(COC(=O)C=Cc4ccc(O)cc4)O[C@H](CO)[C@@H](O)[C@@H]3OC(=O)c3ccccc3)O[C@H](COC(C)=O)[C@H]2OC(=O)C=Cc2ccc(O)cc2)[C@H](O)[C@@H](O[C@@H]2O[C@H](CO)[C@@H](O)[C@H](O)[C@H]2O)[C@@H]1O. The van der Waals surface area contributed by atoms with Crippen LogP contribution in [0.3, 0.4) is 0 Å². The topological polar surface area (TPSA) is 498 Å². The number of hydrogen-bond acceptors (Lipinski definition) is 33. The maximum Gasteiger partial charge on any atom is 0.338 e. The number of benzene rings is 3. The van der Waals surface area contributed by atoms with Crippen LogP contribution in [-0.4, -0.2) is 288 Å². The first-order valence-corrected chi connectivity index (χ1v) is 28.6. The van der Waals surface area contributed by atoms with E-state index in [1.807, 2.05) is 0 Å². The lowest BCUT2D eigenvalue weighted by Crippen LogP contribution is -2.69. The van der Waals surface area contributed by atoms with Crippen LogP contribution in [-0.2, 0) is 85.5 Å². The van der Waals surface area contributed by atoms with E-state index in [2.05, 4.69) is 0 Å². The molecule has 5 saturated heterocycles. The second-order valence-electron chi connectivity index (χ2n) is 21.7. The molecular weight excluding hydrogens is 1240 g/mol. The molecule has 0 aromatic heterocycles. The zero-order chi connectivity index (χ0) is 66.7. The molecule has 506 valence electrons. The highest BCUT2D eigenvalue weighted by atomic mass is 16.8. The zero-order valence-corrected chi connectivity index (χ0v) is 48.9. The van der Waals surface area contributed by atoms with Crippen molar-refractivity contribution in [2.45, 2.75) is 161 Å². The summed E-state index contributed by atoms with van der Waals surface area (Å²) in [4.78, 5) is 67.3. The van der Waals surface area contributed by atoms with Crippen LogP contribution in [0.2, 0.25) is 0 Å². The molecule has 0 aliphatic carbocycles. The van der Waals surface area contributed by atoms with Crippen molar-refractivity contribution in [3.63, 3.8) is 0 Å². The summed E-state index contributed by atoms with van der Waals surface area (Å²) >= 11 is 0. The summed E-state index contributed by atoms with van der Waals surface area (Å²) in [7, 11) is 0. The predicted octanol–water partition coefficient (Wildman–Crippen LogP) is -4.98. The quantitative estimate of drug-likeness (QED) is 0.0227. The standard InChI is InChI=1S/C59H72O33/c1-26(63)79-23-36-42(71)50(87-55-46(75)44(73)40(69)33(20-60)82-55)48(77)57(84-36)88-51-49(86-39(68)19-13-29-10-16-32(66)17-11-29)37(24-80-27(2)64)85-58(52(51)89-56-47(76)45(74)41(70)34(21-61)83-56)92-59(25-81-38(67)18-12-28-8-14-31(65)15-9-28)53(43(72)35(22-62)91-59)90-54(78)30-6-4-3-5-7-30/h3-19,33-37,40-53,55-58,60-62,65-66,69-77H,20-25H2,1-2H3/t33-,34-,35-,36-,37-,40-,41-,42-,43-,44+,45+,46-,47-,48-,49-,50+,51+,52-,53+,55+,56+,57+,58-,59+/m1/s1. The Morgan fingerprint density at radius 2 is 0.924 bits per heavy atom. The van der Waals surface area contributed by atoms with Crippen molar-refractivity contribution in [2.24, 2.45) is 0 Å². The van der Waals surface area contributed by atoms with E-state index in [0.29, 0.717) is 11.1 Å². The number of aromatic hydroxyl groups is 2. The molecule has 0 bridgehead atoms. The molecule has 8 rings (SSSR count). The fourth-order valence-electron chi connectivity index (χ4n) is 10.3. The van der Waals surface area contributed by atoms with Gasteiger partial charge in [-0.2, -0.15) is 0 Å². The van der Waals surface area contributed by atoms with Crippen molar-refractivity contribution in [3.05, 3.63) is 108 Å². The molecule has 33 heteroatoms. The summed E-state index contributed by atoms with van der Waals surface area (Å²) in [6, 6.07) is 17.9. The van der Waals surface area contributed by atoms with Gasteiger partial charge >= 0.3 is 29.8 Å². The lowest BCUT2D eigenvalue weighted by molar-refractivity contribution is -0.423. The van der Waals surface area contributed by atoms with Gasteiger partial charge in [-0.05, 0) is 59.7 Å². The predicted molar refractivity (Wildman–Crippen MR) is 297 cm³/mol. The molecule has 3 aromatic carbocycles. The van der Waals surface area contributed by atoms with Gasteiger partial charge in [-0.25, -0.2) is 14.4 Å². The minimum Gasteiger partial charge on any atom is -0.508 e. The number of phenols is 2. The highest BCUT2D eigenvalue weighted by molar-refractivity contribution is 5.90. The molecule has 14 N–H and O–H groups in total. The fraction of sp³-hybridized carbons (Fsp3) is 0.542. The van der Waals surface area contributed by atoms with Crippen LogP contribution in [0.5, 0.6) is 11.5 Å². The summed E-state index contributed by atoms with van der Waals surface area (Å²) in [5.41, 5.74) is 0.509. The number of phenolic OH excluding ortho intramolecular Hbond substituents is 2. The Morgan fingerprint density at radius 3 is 1.45 bits per heavy atom. The van der Waals surface area contributed by atoms with Gasteiger partial charge in [0.15, 0.2) is 37.4 Å². The zero-order valence-electron chi connectivity index (χ0n) is 48.9. The molecule has 0 radical (unpaired) electrons. The van der Waals surface area contributed by atoms with Gasteiger partial charge in [0.25, 0.3) is 0 Å². The van der Waals surface area contributed by atoms with Crippen molar-refractivity contribution in [2.75, 3.05) is 39.6 Å². The van der Waals surface area contributed by atoms with E-state index in [4.69, 9.17) is 66.3 Å². The molecule has 24 atom stereocenters. The van der Waals surface area contributed by atoms with Crippen LogP contribution in [0.15, 0.2) is 91.0 Å². The average molecular weight is 1310 g/mol. The van der Waals surface area contributed by atoms with Crippen molar-refractivity contribution in [1.29, 1.82) is 0 Å². The van der Waals surface area contributed by atoms with Gasteiger partial charge < -0.3 is 138 Å². The summed E-state index contributed by atoms with van der Waals surface area (Å²) in [6.45, 7) is -4.44. The number of aliphatic hydroxyl groups is 12. The molecular formula is C59H72O33. The van der Waals surface area contributed by atoms with E-state index in [0.717, 1.165) is 26.0 Å². The molecule has 5 aliphatic rings. The number of rotatable bonds is 24. The summed E-state index contributed by atoms with van der Waals surface area (Å²) < 4.78 is 83.7. The second-order valence-corrected chi connectivity index (χ2v) is 21.7. The largest absolute Gasteiger partial charge is 0.508 e. The first-order chi connectivity index (χ1) is 43.8. The third-order valence-electron chi connectivity index (χ3n) is 15.2. The van der Waals surface area contributed by atoms with Gasteiger partial charge in [-0.3, -0.25) is 9.59 Å². The molecule has 5 aliphatic heterocycles. The minimum atomic E-state index is -3.00. The number of esters is 5. The van der Waals surface area contributed by atoms with Gasteiger partial charge in [0.05, 0.1) is 25.4 Å². The maximum absolute atomic E-state index is 14.3. The Kier molecular flexibility index (Phi) is 24.7. The Hall–Kier alpha value is -6.75. The lowest BCUT2D eigenvalue weighted by Gasteiger charge is -2.51.